The van der Waals surface area contributed by atoms with Crippen LogP contribution in [0.4, 0.5) is 0 Å². The SMILES string of the molecule is CCOC(=O)/C=C/CN(C)CCOC. The average molecular weight is 201 g/mol. The van der Waals surface area contributed by atoms with Gasteiger partial charge in [0, 0.05) is 26.3 Å². The third-order valence-electron chi connectivity index (χ3n) is 1.63. The number of likely N-dealkylation sites (N-methyl/N-ethyl adjacent to an activating group) is 1. The Kier molecular flexibility index (Phi) is 8.17. The predicted octanol–water partition coefficient (Wildman–Crippen LogP) is 0.684. The molecule has 0 aliphatic heterocycles. The molecule has 0 aromatic rings. The van der Waals surface area contributed by atoms with E-state index in [2.05, 4.69) is 4.90 Å². The van der Waals surface area contributed by atoms with E-state index in [1.165, 1.54) is 6.08 Å². The molecule has 14 heavy (non-hydrogen) atoms. The minimum Gasteiger partial charge on any atom is -0.463 e. The van der Waals surface area contributed by atoms with E-state index < -0.39 is 0 Å². The molecule has 82 valence electrons. The van der Waals surface area contributed by atoms with Crippen LogP contribution in [0.15, 0.2) is 12.2 Å². The number of esters is 1. The van der Waals surface area contributed by atoms with Crippen molar-refractivity contribution in [3.05, 3.63) is 12.2 Å². The first-order valence-electron chi connectivity index (χ1n) is 4.71. The highest BCUT2D eigenvalue weighted by atomic mass is 16.5. The molecule has 0 unspecified atom stereocenters. The Balaban J connectivity index is 3.54. The van der Waals surface area contributed by atoms with Crippen molar-refractivity contribution in [2.75, 3.05) is 40.5 Å². The summed E-state index contributed by atoms with van der Waals surface area (Å²) in [4.78, 5) is 12.9. The van der Waals surface area contributed by atoms with Crippen LogP contribution in [-0.2, 0) is 14.3 Å². The van der Waals surface area contributed by atoms with Crippen LogP contribution in [0.3, 0.4) is 0 Å². The number of rotatable bonds is 7. The third kappa shape index (κ3) is 7.76. The van der Waals surface area contributed by atoms with E-state index in [-0.39, 0.29) is 5.97 Å². The molecule has 0 rings (SSSR count). The van der Waals surface area contributed by atoms with Gasteiger partial charge in [-0.15, -0.1) is 0 Å². The van der Waals surface area contributed by atoms with Gasteiger partial charge in [0.2, 0.25) is 0 Å². The van der Waals surface area contributed by atoms with Gasteiger partial charge in [-0.05, 0) is 14.0 Å². The predicted molar refractivity (Wildman–Crippen MR) is 55.1 cm³/mol. The van der Waals surface area contributed by atoms with Crippen molar-refractivity contribution in [2.24, 2.45) is 0 Å². The Morgan fingerprint density at radius 1 is 1.50 bits per heavy atom. The van der Waals surface area contributed by atoms with Crippen LogP contribution >= 0.6 is 0 Å². The zero-order valence-electron chi connectivity index (χ0n) is 9.16. The Bertz CT molecular complexity index is 180. The summed E-state index contributed by atoms with van der Waals surface area (Å²) in [6.45, 7) is 4.48. The Labute approximate surface area is 85.5 Å². The fourth-order valence-electron chi connectivity index (χ4n) is 0.858. The summed E-state index contributed by atoms with van der Waals surface area (Å²) in [5, 5.41) is 0. The van der Waals surface area contributed by atoms with Crippen LogP contribution in [0, 0.1) is 0 Å². The first-order valence-corrected chi connectivity index (χ1v) is 4.71. The van der Waals surface area contributed by atoms with Gasteiger partial charge in [-0.3, -0.25) is 0 Å². The molecule has 0 N–H and O–H groups in total. The summed E-state index contributed by atoms with van der Waals surface area (Å²) in [6, 6.07) is 0. The normalized spacial score (nSPS) is 11.1. The van der Waals surface area contributed by atoms with Gasteiger partial charge in [-0.2, -0.15) is 0 Å². The largest absolute Gasteiger partial charge is 0.463 e. The van der Waals surface area contributed by atoms with Gasteiger partial charge in [0.25, 0.3) is 0 Å². The molecule has 0 spiro atoms. The summed E-state index contributed by atoms with van der Waals surface area (Å²) in [5.74, 6) is -0.285. The molecule has 0 atom stereocenters. The lowest BCUT2D eigenvalue weighted by molar-refractivity contribution is -0.137. The summed E-state index contributed by atoms with van der Waals surface area (Å²) in [7, 11) is 3.64. The van der Waals surface area contributed by atoms with Crippen molar-refractivity contribution in [1.82, 2.24) is 4.90 Å². The number of hydrogen-bond donors (Lipinski definition) is 0. The zero-order chi connectivity index (χ0) is 10.8. The zero-order valence-corrected chi connectivity index (χ0v) is 9.16. The number of carbonyl (C=O) groups is 1. The van der Waals surface area contributed by atoms with Crippen LogP contribution in [-0.4, -0.2) is 51.3 Å². The van der Waals surface area contributed by atoms with Crippen molar-refractivity contribution in [2.45, 2.75) is 6.92 Å². The summed E-state index contributed by atoms with van der Waals surface area (Å²) in [6.07, 6.45) is 3.24. The molecule has 0 amide bonds. The van der Waals surface area contributed by atoms with E-state index in [1.807, 2.05) is 7.05 Å². The monoisotopic (exact) mass is 201 g/mol. The standard InChI is InChI=1S/C10H19NO3/c1-4-14-10(12)6-5-7-11(2)8-9-13-3/h5-6H,4,7-9H2,1-3H3/b6-5+. The van der Waals surface area contributed by atoms with Crippen molar-refractivity contribution >= 4 is 5.97 Å². The van der Waals surface area contributed by atoms with E-state index in [4.69, 9.17) is 9.47 Å². The van der Waals surface area contributed by atoms with Crippen LogP contribution < -0.4 is 0 Å². The molecular weight excluding hydrogens is 182 g/mol. The fourth-order valence-corrected chi connectivity index (χ4v) is 0.858. The molecule has 0 aromatic heterocycles. The lowest BCUT2D eigenvalue weighted by atomic mass is 10.4. The van der Waals surface area contributed by atoms with Crippen LogP contribution in [0.5, 0.6) is 0 Å². The number of ether oxygens (including phenoxy) is 2. The Morgan fingerprint density at radius 2 is 2.21 bits per heavy atom. The lowest BCUT2D eigenvalue weighted by Crippen LogP contribution is -2.22. The van der Waals surface area contributed by atoms with Crippen molar-refractivity contribution in [1.29, 1.82) is 0 Å². The third-order valence-corrected chi connectivity index (χ3v) is 1.63. The molecule has 0 aromatic carbocycles. The maximum Gasteiger partial charge on any atom is 0.330 e. The van der Waals surface area contributed by atoms with Crippen molar-refractivity contribution < 1.29 is 14.3 Å². The van der Waals surface area contributed by atoms with Crippen molar-refractivity contribution in [3.8, 4) is 0 Å². The smallest absolute Gasteiger partial charge is 0.330 e. The van der Waals surface area contributed by atoms with Crippen LogP contribution in [0.1, 0.15) is 6.92 Å². The van der Waals surface area contributed by atoms with E-state index in [0.29, 0.717) is 13.2 Å². The average Bonchev–Trinajstić information content (AvgIpc) is 2.15. The number of nitrogens with zero attached hydrogens (tertiary/aromatic N) is 1. The summed E-state index contributed by atoms with van der Waals surface area (Å²) < 4.78 is 9.66. The highest BCUT2D eigenvalue weighted by Crippen LogP contribution is 1.86. The second kappa shape index (κ2) is 8.72. The first-order chi connectivity index (χ1) is 6.70. The number of hydrogen-bond acceptors (Lipinski definition) is 4. The van der Waals surface area contributed by atoms with E-state index in [0.717, 1.165) is 13.1 Å². The highest BCUT2D eigenvalue weighted by Gasteiger charge is 1.95. The van der Waals surface area contributed by atoms with Gasteiger partial charge in [0.05, 0.1) is 13.2 Å². The minimum absolute atomic E-state index is 0.285. The van der Waals surface area contributed by atoms with E-state index >= 15 is 0 Å². The maximum absolute atomic E-state index is 10.9. The molecule has 0 saturated heterocycles. The second-order valence-corrected chi connectivity index (χ2v) is 2.91. The van der Waals surface area contributed by atoms with Gasteiger partial charge >= 0.3 is 5.97 Å². The van der Waals surface area contributed by atoms with Gasteiger partial charge in [0.1, 0.15) is 0 Å². The van der Waals surface area contributed by atoms with Crippen LogP contribution in [0.2, 0.25) is 0 Å². The minimum atomic E-state index is -0.285. The maximum atomic E-state index is 10.9. The number of methoxy groups -OCH3 is 1. The first kappa shape index (κ1) is 13.1. The lowest BCUT2D eigenvalue weighted by Gasteiger charge is -2.12. The van der Waals surface area contributed by atoms with Crippen LogP contribution in [0.25, 0.3) is 0 Å². The molecule has 0 aliphatic rings. The molecular formula is C10H19NO3. The molecule has 4 heteroatoms. The summed E-state index contributed by atoms with van der Waals surface area (Å²) in [5.41, 5.74) is 0. The molecule has 0 radical (unpaired) electrons. The molecule has 0 fully saturated rings. The molecule has 0 saturated carbocycles. The van der Waals surface area contributed by atoms with E-state index in [1.54, 1.807) is 20.1 Å². The molecule has 0 aliphatic carbocycles. The van der Waals surface area contributed by atoms with Gasteiger partial charge in [-0.25, -0.2) is 4.79 Å². The van der Waals surface area contributed by atoms with Crippen molar-refractivity contribution in [3.63, 3.8) is 0 Å². The molecule has 4 nitrogen and oxygen atoms in total. The summed E-state index contributed by atoms with van der Waals surface area (Å²) >= 11 is 0. The van der Waals surface area contributed by atoms with Gasteiger partial charge < -0.3 is 14.4 Å². The van der Waals surface area contributed by atoms with Gasteiger partial charge in [-0.1, -0.05) is 6.08 Å². The van der Waals surface area contributed by atoms with Gasteiger partial charge in [0.15, 0.2) is 0 Å². The Hall–Kier alpha value is -0.870. The molecule has 0 bridgehead atoms. The second-order valence-electron chi connectivity index (χ2n) is 2.91. The fraction of sp³-hybridized carbons (Fsp3) is 0.700. The topological polar surface area (TPSA) is 38.8 Å². The van der Waals surface area contributed by atoms with E-state index in [9.17, 15) is 4.79 Å². The molecule has 0 heterocycles. The Morgan fingerprint density at radius 3 is 2.79 bits per heavy atom. The quantitative estimate of drug-likeness (QED) is 0.448. The number of carbonyl (C=O) groups excluding carboxylic acids is 1. The highest BCUT2D eigenvalue weighted by molar-refractivity contribution is 5.81.